The van der Waals surface area contributed by atoms with Gasteiger partial charge in [-0.15, -0.1) is 0 Å². The molecule has 1 heterocycles. The summed E-state index contributed by atoms with van der Waals surface area (Å²) in [4.78, 5) is 4.82. The first-order valence-corrected chi connectivity index (χ1v) is 7.55. The summed E-state index contributed by atoms with van der Waals surface area (Å²) >= 11 is 8.50. The number of nitrogens with one attached hydrogen (secondary N) is 1. The van der Waals surface area contributed by atoms with Crippen molar-refractivity contribution in [2.45, 2.75) is 0 Å². The number of halogens is 1. The van der Waals surface area contributed by atoms with Crippen molar-refractivity contribution in [1.82, 2.24) is 4.98 Å². The van der Waals surface area contributed by atoms with Gasteiger partial charge in [0.1, 0.15) is 4.99 Å². The van der Waals surface area contributed by atoms with Crippen LogP contribution in [0, 0.1) is 0 Å². The first kappa shape index (κ1) is 14.0. The molecule has 3 nitrogen and oxygen atoms in total. The summed E-state index contributed by atoms with van der Waals surface area (Å²) in [5.41, 5.74) is 9.30. The molecule has 0 unspecified atom stereocenters. The number of nitrogens with zero attached hydrogens (tertiary/aromatic N) is 1. The van der Waals surface area contributed by atoms with E-state index in [1.54, 1.807) is 0 Å². The van der Waals surface area contributed by atoms with E-state index in [2.05, 4.69) is 32.3 Å². The van der Waals surface area contributed by atoms with Gasteiger partial charge in [-0.2, -0.15) is 0 Å². The summed E-state index contributed by atoms with van der Waals surface area (Å²) in [7, 11) is 0. The molecule has 0 aliphatic carbocycles. The molecule has 0 amide bonds. The highest BCUT2D eigenvalue weighted by molar-refractivity contribution is 9.10. The molecular formula is C16H12BrN3S. The van der Waals surface area contributed by atoms with Crippen molar-refractivity contribution in [3.8, 4) is 0 Å². The maximum Gasteiger partial charge on any atom is 0.104 e. The Hall–Kier alpha value is -1.98. The van der Waals surface area contributed by atoms with E-state index in [-0.39, 0.29) is 0 Å². The second-order valence-electron chi connectivity index (χ2n) is 4.60. The third-order valence-electron chi connectivity index (χ3n) is 3.12. The molecule has 0 atom stereocenters. The zero-order valence-corrected chi connectivity index (χ0v) is 13.4. The number of hydrogen-bond acceptors (Lipinski definition) is 3. The van der Waals surface area contributed by atoms with E-state index in [9.17, 15) is 0 Å². The molecule has 0 saturated heterocycles. The number of pyridine rings is 1. The van der Waals surface area contributed by atoms with E-state index in [4.69, 9.17) is 18.0 Å². The van der Waals surface area contributed by atoms with E-state index in [0.29, 0.717) is 4.99 Å². The maximum absolute atomic E-state index is 5.63. The van der Waals surface area contributed by atoms with Crippen LogP contribution in [-0.4, -0.2) is 9.97 Å². The van der Waals surface area contributed by atoms with Crippen LogP contribution in [0.1, 0.15) is 5.56 Å². The van der Waals surface area contributed by atoms with Crippen molar-refractivity contribution < 1.29 is 0 Å². The lowest BCUT2D eigenvalue weighted by atomic mass is 10.2. The van der Waals surface area contributed by atoms with Gasteiger partial charge in [0.25, 0.3) is 0 Å². The lowest BCUT2D eigenvalue weighted by Gasteiger charge is -2.10. The van der Waals surface area contributed by atoms with Gasteiger partial charge >= 0.3 is 0 Å². The first-order chi connectivity index (χ1) is 10.1. The number of hydrogen-bond donors (Lipinski definition) is 2. The van der Waals surface area contributed by atoms with Gasteiger partial charge in [0.05, 0.1) is 23.1 Å². The fourth-order valence-electron chi connectivity index (χ4n) is 2.06. The molecular weight excluding hydrogens is 346 g/mol. The fraction of sp³-hybridized carbons (Fsp3) is 0. The molecule has 21 heavy (non-hydrogen) atoms. The second-order valence-corrected chi connectivity index (χ2v) is 5.89. The van der Waals surface area contributed by atoms with Crippen molar-refractivity contribution in [2.75, 3.05) is 5.32 Å². The molecule has 0 bridgehead atoms. The lowest BCUT2D eigenvalue weighted by molar-refractivity contribution is 1.39. The molecule has 0 fully saturated rings. The van der Waals surface area contributed by atoms with Crippen molar-refractivity contribution in [2.24, 2.45) is 5.73 Å². The van der Waals surface area contributed by atoms with Crippen molar-refractivity contribution in [3.05, 3.63) is 64.8 Å². The zero-order chi connectivity index (χ0) is 14.8. The molecule has 0 saturated carbocycles. The van der Waals surface area contributed by atoms with Crippen LogP contribution < -0.4 is 11.1 Å². The van der Waals surface area contributed by atoms with Gasteiger partial charge in [-0.3, -0.25) is 4.98 Å². The smallest absolute Gasteiger partial charge is 0.104 e. The van der Waals surface area contributed by atoms with Gasteiger partial charge in [0.2, 0.25) is 0 Å². The van der Waals surface area contributed by atoms with Crippen LogP contribution in [0.2, 0.25) is 0 Å². The van der Waals surface area contributed by atoms with Crippen molar-refractivity contribution in [1.29, 1.82) is 0 Å². The summed E-state index contributed by atoms with van der Waals surface area (Å²) in [6.45, 7) is 0. The van der Waals surface area contributed by atoms with Crippen LogP contribution in [0.15, 0.2) is 59.2 Å². The van der Waals surface area contributed by atoms with E-state index in [0.717, 1.165) is 32.3 Å². The average molecular weight is 358 g/mol. The van der Waals surface area contributed by atoms with E-state index in [1.165, 1.54) is 0 Å². The Bertz CT molecular complexity index is 833. The molecule has 3 rings (SSSR count). The van der Waals surface area contributed by atoms with Gasteiger partial charge in [0.15, 0.2) is 0 Å². The topological polar surface area (TPSA) is 50.9 Å². The summed E-state index contributed by atoms with van der Waals surface area (Å²) in [5, 5.41) is 4.43. The second kappa shape index (κ2) is 5.79. The first-order valence-electron chi connectivity index (χ1n) is 6.34. The number of aromatic nitrogens is 1. The number of thiocarbonyl (C=S) groups is 1. The number of rotatable bonds is 3. The zero-order valence-electron chi connectivity index (χ0n) is 11.0. The quantitative estimate of drug-likeness (QED) is 0.683. The third-order valence-corrected chi connectivity index (χ3v) is 4.01. The Labute approximate surface area is 136 Å². The summed E-state index contributed by atoms with van der Waals surface area (Å²) in [6.07, 6.45) is 1.82. The SMILES string of the molecule is NC(=S)c1ccc(Nc2cnc3ccccc3c2)c(Br)c1. The molecule has 3 aromatic rings. The van der Waals surface area contributed by atoms with Crippen LogP contribution in [0.4, 0.5) is 11.4 Å². The minimum atomic E-state index is 0.384. The highest BCUT2D eigenvalue weighted by atomic mass is 79.9. The number of para-hydroxylation sites is 1. The molecule has 3 N–H and O–H groups in total. The molecule has 2 aromatic carbocycles. The van der Waals surface area contributed by atoms with E-state index in [1.807, 2.05) is 48.7 Å². The Morgan fingerprint density at radius 3 is 2.71 bits per heavy atom. The number of anilines is 2. The van der Waals surface area contributed by atoms with Crippen LogP contribution in [0.25, 0.3) is 10.9 Å². The molecule has 0 radical (unpaired) electrons. The fourth-order valence-corrected chi connectivity index (χ4v) is 2.67. The maximum atomic E-state index is 5.63. The average Bonchev–Trinajstić information content (AvgIpc) is 2.49. The number of benzene rings is 2. The minimum Gasteiger partial charge on any atom is -0.389 e. The highest BCUT2D eigenvalue weighted by Crippen LogP contribution is 2.27. The standard InChI is InChI=1S/C16H12BrN3S/c17-13-8-11(16(18)21)5-6-15(13)20-12-7-10-3-1-2-4-14(10)19-9-12/h1-9,20H,(H2,18,21). The molecule has 104 valence electrons. The summed E-state index contributed by atoms with van der Waals surface area (Å²) in [6, 6.07) is 15.8. The van der Waals surface area contributed by atoms with Gasteiger partial charge in [0, 0.05) is 15.4 Å². The van der Waals surface area contributed by atoms with Crippen LogP contribution in [0.5, 0.6) is 0 Å². The Morgan fingerprint density at radius 2 is 1.95 bits per heavy atom. The molecule has 1 aromatic heterocycles. The van der Waals surface area contributed by atoms with Crippen LogP contribution in [0.3, 0.4) is 0 Å². The molecule has 5 heteroatoms. The normalized spacial score (nSPS) is 10.5. The summed E-state index contributed by atoms with van der Waals surface area (Å²) < 4.78 is 0.904. The Morgan fingerprint density at radius 1 is 1.14 bits per heavy atom. The third kappa shape index (κ3) is 3.04. The van der Waals surface area contributed by atoms with Crippen LogP contribution >= 0.6 is 28.1 Å². The summed E-state index contributed by atoms with van der Waals surface area (Å²) in [5.74, 6) is 0. The van der Waals surface area contributed by atoms with E-state index >= 15 is 0 Å². The Balaban J connectivity index is 1.93. The van der Waals surface area contributed by atoms with Gasteiger partial charge in [-0.25, -0.2) is 0 Å². The number of nitrogens with two attached hydrogens (primary N) is 1. The predicted molar refractivity (Wildman–Crippen MR) is 95.1 cm³/mol. The molecule has 0 spiro atoms. The van der Waals surface area contributed by atoms with Crippen LogP contribution in [-0.2, 0) is 0 Å². The molecule has 0 aliphatic rings. The number of fused-ring (bicyclic) bond motifs is 1. The monoisotopic (exact) mass is 357 g/mol. The molecule has 0 aliphatic heterocycles. The van der Waals surface area contributed by atoms with E-state index < -0.39 is 0 Å². The largest absolute Gasteiger partial charge is 0.389 e. The van der Waals surface area contributed by atoms with Gasteiger partial charge in [-0.05, 0) is 46.3 Å². The van der Waals surface area contributed by atoms with Crippen molar-refractivity contribution in [3.63, 3.8) is 0 Å². The highest BCUT2D eigenvalue weighted by Gasteiger charge is 2.04. The van der Waals surface area contributed by atoms with Gasteiger partial charge < -0.3 is 11.1 Å². The Kier molecular flexibility index (Phi) is 3.86. The van der Waals surface area contributed by atoms with Crippen molar-refractivity contribution >= 4 is 55.4 Å². The minimum absolute atomic E-state index is 0.384. The van der Waals surface area contributed by atoms with Gasteiger partial charge in [-0.1, -0.05) is 30.4 Å². The lowest BCUT2D eigenvalue weighted by Crippen LogP contribution is -2.09. The predicted octanol–water partition coefficient (Wildman–Crippen LogP) is 4.38.